The van der Waals surface area contributed by atoms with Gasteiger partial charge in [-0.2, -0.15) is 0 Å². The lowest BCUT2D eigenvalue weighted by atomic mass is 10.2. The number of hydrogen-bond donors (Lipinski definition) is 0. The van der Waals surface area contributed by atoms with Crippen LogP contribution in [-0.2, 0) is 6.54 Å². The molecule has 1 aromatic heterocycles. The number of carbonyl (C=O) groups is 1. The van der Waals surface area contributed by atoms with Crippen molar-refractivity contribution in [1.29, 1.82) is 0 Å². The molecule has 28 heavy (non-hydrogen) atoms. The van der Waals surface area contributed by atoms with Crippen molar-refractivity contribution in [3.8, 4) is 11.5 Å². The highest BCUT2D eigenvalue weighted by Crippen LogP contribution is 2.22. The summed E-state index contributed by atoms with van der Waals surface area (Å²) in [6.45, 7) is 3.41. The third kappa shape index (κ3) is 4.43. The maximum absolute atomic E-state index is 12.6. The lowest BCUT2D eigenvalue weighted by molar-refractivity contribution is 0.0618. The molecule has 0 spiro atoms. The van der Waals surface area contributed by atoms with Crippen LogP contribution < -0.4 is 0 Å². The zero-order valence-electron chi connectivity index (χ0n) is 15.0. The van der Waals surface area contributed by atoms with E-state index in [1.54, 1.807) is 24.3 Å². The van der Waals surface area contributed by atoms with Crippen LogP contribution in [0.25, 0.3) is 11.5 Å². The van der Waals surface area contributed by atoms with E-state index in [4.69, 9.17) is 16.0 Å². The molecule has 0 bridgehead atoms. The molecule has 8 heteroatoms. The summed E-state index contributed by atoms with van der Waals surface area (Å²) >= 11 is 9.34. The van der Waals surface area contributed by atoms with Gasteiger partial charge in [-0.05, 0) is 42.5 Å². The van der Waals surface area contributed by atoms with Crippen LogP contribution in [0.1, 0.15) is 16.2 Å². The van der Waals surface area contributed by atoms with E-state index in [0.29, 0.717) is 42.0 Å². The lowest BCUT2D eigenvalue weighted by Crippen LogP contribution is -2.48. The quantitative estimate of drug-likeness (QED) is 0.585. The van der Waals surface area contributed by atoms with Crippen molar-refractivity contribution in [2.75, 3.05) is 26.2 Å². The van der Waals surface area contributed by atoms with Gasteiger partial charge < -0.3 is 9.32 Å². The Labute approximate surface area is 176 Å². The Bertz CT molecular complexity index is 968. The second kappa shape index (κ2) is 8.43. The maximum atomic E-state index is 12.6. The van der Waals surface area contributed by atoms with Gasteiger partial charge in [0, 0.05) is 46.8 Å². The number of carbonyl (C=O) groups excluding carboxylic acids is 1. The number of nitrogens with zero attached hydrogens (tertiary/aromatic N) is 4. The Morgan fingerprint density at radius 2 is 1.82 bits per heavy atom. The number of rotatable bonds is 4. The van der Waals surface area contributed by atoms with Crippen molar-refractivity contribution < 1.29 is 9.21 Å². The number of hydrogen-bond acceptors (Lipinski definition) is 5. The average molecular weight is 462 g/mol. The first-order valence-corrected chi connectivity index (χ1v) is 10.1. The second-order valence-corrected chi connectivity index (χ2v) is 7.94. The van der Waals surface area contributed by atoms with Gasteiger partial charge in [0.05, 0.1) is 6.54 Å². The fraction of sp³-hybridized carbons (Fsp3) is 0.250. The molecule has 6 nitrogen and oxygen atoms in total. The van der Waals surface area contributed by atoms with Gasteiger partial charge in [-0.25, -0.2) is 0 Å². The summed E-state index contributed by atoms with van der Waals surface area (Å²) in [5.74, 6) is 1.12. The van der Waals surface area contributed by atoms with Gasteiger partial charge in [0.25, 0.3) is 5.91 Å². The first kappa shape index (κ1) is 19.1. The molecule has 0 N–H and O–H groups in total. The zero-order valence-corrected chi connectivity index (χ0v) is 17.4. The van der Waals surface area contributed by atoms with Crippen LogP contribution in [0, 0.1) is 0 Å². The summed E-state index contributed by atoms with van der Waals surface area (Å²) in [6.07, 6.45) is 0. The van der Waals surface area contributed by atoms with Crippen molar-refractivity contribution in [2.45, 2.75) is 6.54 Å². The van der Waals surface area contributed by atoms with E-state index in [1.807, 2.05) is 29.2 Å². The minimum atomic E-state index is 0.0334. The van der Waals surface area contributed by atoms with Crippen molar-refractivity contribution in [2.24, 2.45) is 0 Å². The molecule has 0 radical (unpaired) electrons. The van der Waals surface area contributed by atoms with E-state index >= 15 is 0 Å². The Morgan fingerprint density at radius 3 is 2.54 bits per heavy atom. The fourth-order valence-electron chi connectivity index (χ4n) is 3.13. The Kier molecular flexibility index (Phi) is 5.75. The van der Waals surface area contributed by atoms with E-state index in [-0.39, 0.29) is 5.91 Å². The van der Waals surface area contributed by atoms with Gasteiger partial charge in [-0.3, -0.25) is 9.69 Å². The van der Waals surface area contributed by atoms with Gasteiger partial charge in [0.15, 0.2) is 0 Å². The van der Waals surface area contributed by atoms with Gasteiger partial charge in [0.1, 0.15) is 0 Å². The van der Waals surface area contributed by atoms with E-state index in [9.17, 15) is 4.79 Å². The molecule has 144 valence electrons. The Hall–Kier alpha value is -2.22. The van der Waals surface area contributed by atoms with E-state index in [1.165, 1.54) is 0 Å². The molecule has 1 amide bonds. The summed E-state index contributed by atoms with van der Waals surface area (Å²) in [6, 6.07) is 14.8. The van der Waals surface area contributed by atoms with Crippen LogP contribution in [-0.4, -0.2) is 52.1 Å². The van der Waals surface area contributed by atoms with Crippen molar-refractivity contribution in [1.82, 2.24) is 20.0 Å². The Balaban J connectivity index is 1.33. The lowest BCUT2D eigenvalue weighted by Gasteiger charge is -2.34. The largest absolute Gasteiger partial charge is 0.419 e. The molecule has 0 saturated carbocycles. The van der Waals surface area contributed by atoms with Gasteiger partial charge >= 0.3 is 0 Å². The Morgan fingerprint density at radius 1 is 1.07 bits per heavy atom. The smallest absolute Gasteiger partial charge is 0.253 e. The van der Waals surface area contributed by atoms with E-state index < -0.39 is 0 Å². The molecule has 1 aliphatic rings. The minimum absolute atomic E-state index is 0.0334. The standard InChI is InChI=1S/C20H18BrClN4O2/c21-16-3-1-2-15(12-16)19-24-23-18(28-19)13-25-8-10-26(11-9-25)20(27)14-4-6-17(22)7-5-14/h1-7,12H,8-11,13H2. The zero-order chi connectivity index (χ0) is 19.5. The molecule has 1 fully saturated rings. The highest BCUT2D eigenvalue weighted by atomic mass is 79.9. The molecule has 0 unspecified atom stereocenters. The highest BCUT2D eigenvalue weighted by Gasteiger charge is 2.23. The summed E-state index contributed by atoms with van der Waals surface area (Å²) < 4.78 is 6.77. The number of amides is 1. The normalized spacial score (nSPS) is 15.0. The predicted molar refractivity (Wildman–Crippen MR) is 110 cm³/mol. The van der Waals surface area contributed by atoms with Crippen LogP contribution >= 0.6 is 27.5 Å². The summed E-state index contributed by atoms with van der Waals surface area (Å²) in [5.41, 5.74) is 1.54. The van der Waals surface area contributed by atoms with Crippen LogP contribution in [0.5, 0.6) is 0 Å². The fourth-order valence-corrected chi connectivity index (χ4v) is 3.66. The number of aromatic nitrogens is 2. The molecule has 1 saturated heterocycles. The first-order valence-electron chi connectivity index (χ1n) is 8.94. The number of piperazine rings is 1. The first-order chi connectivity index (χ1) is 13.6. The molecule has 4 rings (SSSR count). The molecule has 0 aliphatic carbocycles. The molecule has 2 aromatic carbocycles. The van der Waals surface area contributed by atoms with Crippen molar-refractivity contribution in [3.63, 3.8) is 0 Å². The molecular formula is C20H18BrClN4O2. The average Bonchev–Trinajstić information content (AvgIpc) is 3.17. The molecule has 1 aliphatic heterocycles. The highest BCUT2D eigenvalue weighted by molar-refractivity contribution is 9.10. The van der Waals surface area contributed by atoms with E-state index in [0.717, 1.165) is 23.1 Å². The maximum Gasteiger partial charge on any atom is 0.253 e. The monoisotopic (exact) mass is 460 g/mol. The summed E-state index contributed by atoms with van der Waals surface area (Å²) in [7, 11) is 0. The van der Waals surface area contributed by atoms with Crippen LogP contribution in [0.3, 0.4) is 0 Å². The molecule has 0 atom stereocenters. The molecular weight excluding hydrogens is 444 g/mol. The summed E-state index contributed by atoms with van der Waals surface area (Å²) in [5, 5.41) is 8.93. The van der Waals surface area contributed by atoms with Crippen LogP contribution in [0.15, 0.2) is 57.4 Å². The number of halogens is 2. The van der Waals surface area contributed by atoms with Gasteiger partial charge in [0.2, 0.25) is 11.8 Å². The topological polar surface area (TPSA) is 62.5 Å². The molecule has 3 aromatic rings. The van der Waals surface area contributed by atoms with Gasteiger partial charge in [-0.1, -0.05) is 33.6 Å². The second-order valence-electron chi connectivity index (χ2n) is 6.59. The van der Waals surface area contributed by atoms with Crippen molar-refractivity contribution >= 4 is 33.4 Å². The molecule has 2 heterocycles. The summed E-state index contributed by atoms with van der Waals surface area (Å²) in [4.78, 5) is 16.7. The SMILES string of the molecule is O=C(c1ccc(Cl)cc1)N1CCN(Cc2nnc(-c3cccc(Br)c3)o2)CC1. The number of benzene rings is 2. The van der Waals surface area contributed by atoms with E-state index in [2.05, 4.69) is 31.0 Å². The van der Waals surface area contributed by atoms with Crippen LogP contribution in [0.4, 0.5) is 0 Å². The van der Waals surface area contributed by atoms with Crippen molar-refractivity contribution in [3.05, 3.63) is 69.5 Å². The third-order valence-electron chi connectivity index (χ3n) is 4.65. The van der Waals surface area contributed by atoms with Gasteiger partial charge in [-0.15, -0.1) is 10.2 Å². The predicted octanol–water partition coefficient (Wildman–Crippen LogP) is 4.11. The van der Waals surface area contributed by atoms with Crippen LogP contribution in [0.2, 0.25) is 5.02 Å². The minimum Gasteiger partial charge on any atom is -0.419 e. The third-order valence-corrected chi connectivity index (χ3v) is 5.39.